The van der Waals surface area contributed by atoms with Gasteiger partial charge in [0.05, 0.1) is 13.5 Å². The van der Waals surface area contributed by atoms with Crippen molar-refractivity contribution in [3.63, 3.8) is 0 Å². The summed E-state index contributed by atoms with van der Waals surface area (Å²) in [6, 6.07) is 6.37. The van der Waals surface area contributed by atoms with Gasteiger partial charge >= 0.3 is 6.18 Å². The highest BCUT2D eigenvalue weighted by Crippen LogP contribution is 2.30. The van der Waals surface area contributed by atoms with E-state index in [-0.39, 0.29) is 6.42 Å². The van der Waals surface area contributed by atoms with Crippen LogP contribution in [0.1, 0.15) is 12.5 Å². The maximum Gasteiger partial charge on any atom is 0.420 e. The minimum absolute atomic E-state index is 0.362. The first-order valence-electron chi connectivity index (χ1n) is 5.91. The second-order valence-corrected chi connectivity index (χ2v) is 4.52. The number of para-hydroxylation sites is 1. The van der Waals surface area contributed by atoms with E-state index in [4.69, 9.17) is 10.5 Å². The molecule has 0 spiro atoms. The Bertz CT molecular complexity index is 546. The van der Waals surface area contributed by atoms with Crippen molar-refractivity contribution in [2.75, 3.05) is 7.11 Å². The highest BCUT2D eigenvalue weighted by atomic mass is 19.4. The van der Waals surface area contributed by atoms with Crippen LogP contribution in [0.2, 0.25) is 0 Å². The maximum atomic E-state index is 12.9. The molecule has 116 valence electrons. The van der Waals surface area contributed by atoms with Crippen LogP contribution >= 0.6 is 0 Å². The second-order valence-electron chi connectivity index (χ2n) is 4.52. The van der Waals surface area contributed by atoms with E-state index in [0.29, 0.717) is 18.2 Å². The Kier molecular flexibility index (Phi) is 4.82. The SMILES string of the molecule is COc1ccccc1CC(=O)N[C@@](C)(C(N)=O)C(F)(F)F. The summed E-state index contributed by atoms with van der Waals surface area (Å²) < 4.78 is 43.6. The third-order valence-electron chi connectivity index (χ3n) is 2.99. The first kappa shape index (κ1) is 16.8. The van der Waals surface area contributed by atoms with E-state index >= 15 is 0 Å². The number of primary amides is 1. The minimum Gasteiger partial charge on any atom is -0.496 e. The van der Waals surface area contributed by atoms with Crippen molar-refractivity contribution in [3.8, 4) is 5.75 Å². The first-order chi connectivity index (χ1) is 9.61. The molecule has 1 aromatic rings. The number of benzene rings is 1. The van der Waals surface area contributed by atoms with Gasteiger partial charge in [-0.1, -0.05) is 18.2 Å². The summed E-state index contributed by atoms with van der Waals surface area (Å²) in [7, 11) is 1.37. The van der Waals surface area contributed by atoms with Gasteiger partial charge in [-0.3, -0.25) is 9.59 Å². The highest BCUT2D eigenvalue weighted by molar-refractivity contribution is 5.91. The Morgan fingerprint density at radius 2 is 1.86 bits per heavy atom. The number of nitrogens with two attached hydrogens (primary N) is 1. The molecule has 0 bridgehead atoms. The normalized spacial score (nSPS) is 14.1. The van der Waals surface area contributed by atoms with Crippen LogP contribution in [-0.4, -0.2) is 30.6 Å². The Morgan fingerprint density at radius 1 is 1.29 bits per heavy atom. The lowest BCUT2D eigenvalue weighted by molar-refractivity contribution is -0.195. The van der Waals surface area contributed by atoms with Gasteiger partial charge in [-0.2, -0.15) is 13.2 Å². The summed E-state index contributed by atoms with van der Waals surface area (Å²) in [4.78, 5) is 22.8. The second kappa shape index (κ2) is 6.02. The van der Waals surface area contributed by atoms with Gasteiger partial charge in [0.25, 0.3) is 5.91 Å². The van der Waals surface area contributed by atoms with Crippen LogP contribution in [0.25, 0.3) is 0 Å². The molecule has 5 nitrogen and oxygen atoms in total. The molecular weight excluding hydrogens is 289 g/mol. The van der Waals surface area contributed by atoms with Crippen molar-refractivity contribution in [1.29, 1.82) is 0 Å². The van der Waals surface area contributed by atoms with E-state index in [1.54, 1.807) is 23.5 Å². The Morgan fingerprint density at radius 3 is 2.33 bits per heavy atom. The summed E-state index contributed by atoms with van der Waals surface area (Å²) >= 11 is 0. The zero-order valence-corrected chi connectivity index (χ0v) is 11.5. The molecular formula is C13H15F3N2O3. The van der Waals surface area contributed by atoms with Gasteiger partial charge in [0.1, 0.15) is 5.75 Å². The topological polar surface area (TPSA) is 81.4 Å². The van der Waals surface area contributed by atoms with Crippen LogP contribution < -0.4 is 15.8 Å². The number of carbonyl (C=O) groups is 2. The number of hydrogen-bond donors (Lipinski definition) is 2. The van der Waals surface area contributed by atoms with Crippen LogP contribution in [0.15, 0.2) is 24.3 Å². The lowest BCUT2D eigenvalue weighted by Gasteiger charge is -2.29. The fourth-order valence-electron chi connectivity index (χ4n) is 1.62. The predicted octanol–water partition coefficient (Wildman–Crippen LogP) is 1.16. The summed E-state index contributed by atoms with van der Waals surface area (Å²) in [6.07, 6.45) is -5.36. The summed E-state index contributed by atoms with van der Waals surface area (Å²) in [6.45, 7) is 0.523. The van der Waals surface area contributed by atoms with Crippen molar-refractivity contribution in [3.05, 3.63) is 29.8 Å². The van der Waals surface area contributed by atoms with Crippen LogP contribution in [0.4, 0.5) is 13.2 Å². The number of methoxy groups -OCH3 is 1. The number of carbonyl (C=O) groups excluding carboxylic acids is 2. The van der Waals surface area contributed by atoms with Crippen molar-refractivity contribution in [2.24, 2.45) is 5.73 Å². The largest absolute Gasteiger partial charge is 0.496 e. The number of halogens is 3. The molecule has 0 saturated heterocycles. The molecule has 1 atom stereocenters. The van der Waals surface area contributed by atoms with Crippen LogP contribution in [0.5, 0.6) is 5.75 Å². The van der Waals surface area contributed by atoms with E-state index in [9.17, 15) is 22.8 Å². The summed E-state index contributed by atoms with van der Waals surface area (Å²) in [5.74, 6) is -2.30. The van der Waals surface area contributed by atoms with E-state index in [1.807, 2.05) is 0 Å². The average Bonchev–Trinajstić information content (AvgIpc) is 2.37. The average molecular weight is 304 g/mol. The molecule has 1 aromatic carbocycles. The Hall–Kier alpha value is -2.25. The van der Waals surface area contributed by atoms with E-state index in [2.05, 4.69) is 0 Å². The fourth-order valence-corrected chi connectivity index (χ4v) is 1.62. The lowest BCUT2D eigenvalue weighted by Crippen LogP contribution is -2.64. The molecule has 0 aliphatic rings. The van der Waals surface area contributed by atoms with Gasteiger partial charge in [0, 0.05) is 5.56 Å². The lowest BCUT2D eigenvalue weighted by atomic mass is 10.00. The number of ether oxygens (including phenoxy) is 1. The molecule has 8 heteroatoms. The molecule has 0 aliphatic carbocycles. The number of amides is 2. The standard InChI is InChI=1S/C13H15F3N2O3/c1-12(11(17)20,13(14,15)16)18-10(19)7-8-5-3-4-6-9(8)21-2/h3-6H,7H2,1-2H3,(H2,17,20)(H,18,19)/t12-/m0/s1. The highest BCUT2D eigenvalue weighted by Gasteiger charge is 2.56. The van der Waals surface area contributed by atoms with E-state index in [0.717, 1.165) is 0 Å². The van der Waals surface area contributed by atoms with Gasteiger partial charge in [0.15, 0.2) is 0 Å². The zero-order chi connectivity index (χ0) is 16.3. The monoisotopic (exact) mass is 304 g/mol. The molecule has 1 rings (SSSR count). The molecule has 2 amide bonds. The third kappa shape index (κ3) is 3.65. The maximum absolute atomic E-state index is 12.9. The fraction of sp³-hybridized carbons (Fsp3) is 0.385. The van der Waals surface area contributed by atoms with Gasteiger partial charge < -0.3 is 15.8 Å². The molecule has 3 N–H and O–H groups in total. The van der Waals surface area contributed by atoms with Gasteiger partial charge in [0.2, 0.25) is 11.4 Å². The number of alkyl halides is 3. The number of hydrogen-bond acceptors (Lipinski definition) is 3. The van der Waals surface area contributed by atoms with Gasteiger partial charge in [-0.05, 0) is 13.0 Å². The molecule has 0 aliphatic heterocycles. The molecule has 0 aromatic heterocycles. The van der Waals surface area contributed by atoms with Gasteiger partial charge in [-0.25, -0.2) is 0 Å². The molecule has 21 heavy (non-hydrogen) atoms. The zero-order valence-electron chi connectivity index (χ0n) is 11.5. The van der Waals surface area contributed by atoms with Gasteiger partial charge in [-0.15, -0.1) is 0 Å². The van der Waals surface area contributed by atoms with Crippen molar-refractivity contribution >= 4 is 11.8 Å². The van der Waals surface area contributed by atoms with Crippen molar-refractivity contribution in [2.45, 2.75) is 25.1 Å². The summed E-state index contributed by atoms with van der Waals surface area (Å²) in [5, 5.41) is 1.64. The minimum atomic E-state index is -4.99. The quantitative estimate of drug-likeness (QED) is 0.856. The summed E-state index contributed by atoms with van der Waals surface area (Å²) in [5.41, 5.74) is 2.03. The van der Waals surface area contributed by atoms with Crippen LogP contribution in [-0.2, 0) is 16.0 Å². The Balaban J connectivity index is 2.92. The van der Waals surface area contributed by atoms with Crippen LogP contribution in [0.3, 0.4) is 0 Å². The third-order valence-corrected chi connectivity index (χ3v) is 2.99. The molecule has 0 unspecified atom stereocenters. The first-order valence-corrected chi connectivity index (χ1v) is 5.91. The van der Waals surface area contributed by atoms with Crippen molar-refractivity contribution < 1.29 is 27.5 Å². The van der Waals surface area contributed by atoms with Crippen LogP contribution in [0, 0.1) is 0 Å². The number of nitrogens with one attached hydrogen (secondary N) is 1. The Labute approximate surface area is 119 Å². The molecule has 0 fully saturated rings. The number of rotatable bonds is 5. The molecule has 0 radical (unpaired) electrons. The molecule has 0 heterocycles. The van der Waals surface area contributed by atoms with E-state index in [1.165, 1.54) is 13.2 Å². The smallest absolute Gasteiger partial charge is 0.420 e. The van der Waals surface area contributed by atoms with E-state index < -0.39 is 23.5 Å². The molecule has 0 saturated carbocycles. The predicted molar refractivity (Wildman–Crippen MR) is 68.5 cm³/mol. The van der Waals surface area contributed by atoms with Crippen molar-refractivity contribution in [1.82, 2.24) is 5.32 Å².